The first kappa shape index (κ1) is 9.52. The van der Waals surface area contributed by atoms with Crippen LogP contribution >= 0.6 is 23.2 Å². The maximum atomic E-state index is 10.4. The van der Waals surface area contributed by atoms with Gasteiger partial charge in [0, 0.05) is 11.6 Å². The molecule has 0 amide bonds. The number of carbonyl (C=O) groups excluding carboxylic acids is 2. The first-order valence-electron chi connectivity index (χ1n) is 2.16. The van der Waals surface area contributed by atoms with Crippen LogP contribution in [0.1, 0.15) is 0 Å². The van der Waals surface area contributed by atoms with Gasteiger partial charge in [0.1, 0.15) is 0 Å². The van der Waals surface area contributed by atoms with E-state index in [1.54, 1.807) is 0 Å². The van der Waals surface area contributed by atoms with E-state index in [4.69, 9.17) is 23.2 Å². The van der Waals surface area contributed by atoms with Crippen molar-refractivity contribution in [3.05, 3.63) is 0 Å². The lowest BCUT2D eigenvalue weighted by molar-refractivity contribution is -0.145. The average molecular weight is 187 g/mol. The van der Waals surface area contributed by atoms with Crippen LogP contribution in [0, 0.1) is 0 Å². The van der Waals surface area contributed by atoms with Gasteiger partial charge < -0.3 is 9.47 Å². The van der Waals surface area contributed by atoms with Crippen LogP contribution in [0.3, 0.4) is 0 Å². The molecule has 0 aromatic carbocycles. The van der Waals surface area contributed by atoms with E-state index in [1.165, 1.54) is 0 Å². The summed E-state index contributed by atoms with van der Waals surface area (Å²) in [5.41, 5.74) is -2.61. The van der Waals surface area contributed by atoms with Crippen molar-refractivity contribution in [1.82, 2.24) is 0 Å². The predicted octanol–water partition coefficient (Wildman–Crippen LogP) is 1.10. The van der Waals surface area contributed by atoms with Gasteiger partial charge in [-0.3, -0.25) is 0 Å². The molecule has 0 aromatic heterocycles. The summed E-state index contributed by atoms with van der Waals surface area (Å²) in [7, 11) is 1.11. The van der Waals surface area contributed by atoms with Crippen molar-refractivity contribution in [2.45, 2.75) is 5.56 Å². The summed E-state index contributed by atoms with van der Waals surface area (Å²) in [5, 5.41) is 0. The minimum absolute atomic E-state index is 0.865. The fraction of sp³-hybridized carbons (Fsp3) is 0.500. The second-order valence-electron chi connectivity index (χ2n) is 1.19. The average Bonchev–Trinajstić information content (AvgIpc) is 1.85. The molecule has 0 N–H and O–H groups in total. The Morgan fingerprint density at radius 3 is 2.30 bits per heavy atom. The van der Waals surface area contributed by atoms with E-state index >= 15 is 0 Å². The normalized spacial score (nSPS) is 11.9. The topological polar surface area (TPSA) is 52.6 Å². The maximum Gasteiger partial charge on any atom is 0.405 e. The highest BCUT2D eigenvalue weighted by atomic mass is 35.5. The number of hydrogen-bond acceptors (Lipinski definition) is 4. The molecule has 1 atom stereocenters. The Bertz CT molecular complexity index is 146. The van der Waals surface area contributed by atoms with Crippen molar-refractivity contribution in [3.63, 3.8) is 0 Å². The second-order valence-corrected chi connectivity index (χ2v) is 1.90. The first-order chi connectivity index (χ1) is 4.57. The van der Waals surface area contributed by atoms with E-state index in [2.05, 4.69) is 9.47 Å². The van der Waals surface area contributed by atoms with Gasteiger partial charge in [0.05, 0.1) is 7.11 Å². The quantitative estimate of drug-likeness (QED) is 0.369. The molecule has 0 saturated heterocycles. The van der Waals surface area contributed by atoms with Crippen LogP contribution in [0.2, 0.25) is 0 Å². The van der Waals surface area contributed by atoms with E-state index < -0.39 is 17.0 Å². The third kappa shape index (κ3) is 3.53. The number of halogens is 2. The van der Waals surface area contributed by atoms with Crippen LogP contribution in [0.25, 0.3) is 0 Å². The molecule has 0 aliphatic heterocycles. The Hall–Kier alpha value is -0.480. The molecule has 0 aromatic rings. The number of ether oxygens (including phenoxy) is 2. The van der Waals surface area contributed by atoms with Crippen LogP contribution in [-0.4, -0.2) is 24.1 Å². The van der Waals surface area contributed by atoms with Crippen molar-refractivity contribution in [1.29, 1.82) is 0 Å². The molecule has 0 spiro atoms. The fourth-order valence-corrected chi connectivity index (χ4v) is 0.527. The molecule has 0 saturated carbocycles. The number of hydrogen-bond donors (Lipinski definition) is 0. The number of alkyl halides is 1. The Balaban J connectivity index is 3.72. The van der Waals surface area contributed by atoms with Gasteiger partial charge in [0.2, 0.25) is 0 Å². The summed E-state index contributed by atoms with van der Waals surface area (Å²) < 4.78 is 8.13. The van der Waals surface area contributed by atoms with Crippen molar-refractivity contribution in [2.75, 3.05) is 7.11 Å². The molecule has 4 nitrogen and oxygen atoms in total. The highest BCUT2D eigenvalue weighted by Crippen LogP contribution is 2.03. The summed E-state index contributed by atoms with van der Waals surface area (Å²) in [6.45, 7) is 0. The second kappa shape index (κ2) is 4.35. The molecule has 6 heteroatoms. The molecule has 0 radical (unpaired) electrons. The zero-order valence-corrected chi connectivity index (χ0v) is 6.48. The lowest BCUT2D eigenvalue weighted by Crippen LogP contribution is -2.20. The van der Waals surface area contributed by atoms with Gasteiger partial charge in [0.15, 0.2) is 0 Å². The third-order valence-electron chi connectivity index (χ3n) is 0.583. The monoisotopic (exact) mass is 186 g/mol. The third-order valence-corrected chi connectivity index (χ3v) is 0.939. The van der Waals surface area contributed by atoms with Gasteiger partial charge in [-0.2, -0.15) is 0 Å². The van der Waals surface area contributed by atoms with E-state index in [9.17, 15) is 9.59 Å². The smallest absolute Gasteiger partial charge is 0.405 e. The van der Waals surface area contributed by atoms with Crippen LogP contribution in [0.4, 0.5) is 4.79 Å². The number of carbonyl (C=O) groups is 2. The summed E-state index contributed by atoms with van der Waals surface area (Å²) in [6.07, 6.45) is 0. The highest BCUT2D eigenvalue weighted by molar-refractivity contribution is 6.61. The summed E-state index contributed by atoms with van der Waals surface area (Å²) >= 11 is 9.84. The predicted molar refractivity (Wildman–Crippen MR) is 34.0 cm³/mol. The lowest BCUT2D eigenvalue weighted by atomic mass is 10.7. The minimum Gasteiger partial charge on any atom is -0.465 e. The fourth-order valence-electron chi connectivity index (χ4n) is 0.222. The molecule has 0 rings (SSSR count). The van der Waals surface area contributed by atoms with Crippen LogP contribution in [0.15, 0.2) is 0 Å². The Morgan fingerprint density at radius 2 is 2.00 bits per heavy atom. The van der Waals surface area contributed by atoms with Gasteiger partial charge in [-0.25, -0.2) is 9.59 Å². The van der Waals surface area contributed by atoms with E-state index in [-0.39, 0.29) is 0 Å². The molecular formula is C4H4Cl2O4. The number of methoxy groups -OCH3 is 1. The van der Waals surface area contributed by atoms with Crippen LogP contribution in [-0.2, 0) is 14.3 Å². The number of esters is 1. The first-order valence-corrected chi connectivity index (χ1v) is 2.97. The lowest BCUT2D eigenvalue weighted by Gasteiger charge is -2.04. The van der Waals surface area contributed by atoms with Crippen molar-refractivity contribution in [2.24, 2.45) is 0 Å². The molecule has 0 fully saturated rings. The molecule has 0 bridgehead atoms. The van der Waals surface area contributed by atoms with Crippen LogP contribution < -0.4 is 0 Å². The molecule has 0 aliphatic rings. The Morgan fingerprint density at radius 1 is 1.50 bits per heavy atom. The summed E-state index contributed by atoms with van der Waals surface area (Å²) in [5.74, 6) is -0.865. The minimum atomic E-state index is -1.46. The van der Waals surface area contributed by atoms with E-state index in [0.717, 1.165) is 7.11 Å². The van der Waals surface area contributed by atoms with Gasteiger partial charge in [0.25, 0.3) is 5.56 Å². The standard InChI is InChI=1S/C4H4Cl2O4/c1-9-3(7)2(5)10-4(6)8/h2H,1H3. The summed E-state index contributed by atoms with van der Waals surface area (Å²) in [6, 6.07) is 0. The molecule has 0 aliphatic carbocycles. The van der Waals surface area contributed by atoms with E-state index in [1.807, 2.05) is 0 Å². The molecule has 1 unspecified atom stereocenters. The zero-order chi connectivity index (χ0) is 8.15. The molecule has 10 heavy (non-hydrogen) atoms. The van der Waals surface area contributed by atoms with E-state index in [0.29, 0.717) is 0 Å². The summed E-state index contributed by atoms with van der Waals surface area (Å²) in [4.78, 5) is 20.3. The zero-order valence-electron chi connectivity index (χ0n) is 4.97. The van der Waals surface area contributed by atoms with Gasteiger partial charge >= 0.3 is 11.4 Å². The van der Waals surface area contributed by atoms with Crippen LogP contribution in [0.5, 0.6) is 0 Å². The molecule has 58 valence electrons. The van der Waals surface area contributed by atoms with Crippen molar-refractivity contribution >= 4 is 34.6 Å². The molecule has 0 heterocycles. The largest absolute Gasteiger partial charge is 0.465 e. The molecular weight excluding hydrogens is 183 g/mol. The Kier molecular flexibility index (Phi) is 4.14. The van der Waals surface area contributed by atoms with Crippen molar-refractivity contribution in [3.8, 4) is 0 Å². The SMILES string of the molecule is COC(=O)C(Cl)OC(=O)Cl. The van der Waals surface area contributed by atoms with Gasteiger partial charge in [-0.1, -0.05) is 11.6 Å². The maximum absolute atomic E-state index is 10.4. The number of rotatable bonds is 2. The van der Waals surface area contributed by atoms with Gasteiger partial charge in [-0.15, -0.1) is 0 Å². The highest BCUT2D eigenvalue weighted by Gasteiger charge is 2.18. The van der Waals surface area contributed by atoms with Gasteiger partial charge in [-0.05, 0) is 0 Å². The van der Waals surface area contributed by atoms with Crippen molar-refractivity contribution < 1.29 is 19.1 Å². The Labute approximate surface area is 67.0 Å².